The summed E-state index contributed by atoms with van der Waals surface area (Å²) in [6, 6.07) is 22.7. The highest BCUT2D eigenvalue weighted by Crippen LogP contribution is 2.40. The number of thioether (sulfide) groups is 1. The van der Waals surface area contributed by atoms with E-state index in [1.807, 2.05) is 50.2 Å². The molecule has 0 atom stereocenters. The molecule has 40 heavy (non-hydrogen) atoms. The van der Waals surface area contributed by atoms with E-state index in [1.54, 1.807) is 41.3 Å². The summed E-state index contributed by atoms with van der Waals surface area (Å²) in [7, 11) is 0. The zero-order valence-electron chi connectivity index (χ0n) is 21.4. The number of ether oxygens (including phenoxy) is 1. The fourth-order valence-corrected chi connectivity index (χ4v) is 5.67. The minimum atomic E-state index is -0.329. The first-order valence-electron chi connectivity index (χ1n) is 12.2. The van der Waals surface area contributed by atoms with Crippen molar-refractivity contribution in [1.29, 1.82) is 0 Å². The Balaban J connectivity index is 1.54. The molecule has 4 aromatic carbocycles. The fraction of sp³-hybridized carbons (Fsp3) is 0.0968. The second kappa shape index (κ2) is 12.2. The monoisotopic (exact) mass is 654 g/mol. The Morgan fingerprint density at radius 1 is 0.975 bits per heavy atom. The SMILES string of the molecule is Cc1ccc(N=C2S/C(=C/c3cc(Br)ccc3OCc3cccc(F)c3)C(=O)N2c2ccc(C)c(Cl)c2)cc1Cl. The number of hydrogen-bond acceptors (Lipinski definition) is 4. The van der Waals surface area contributed by atoms with Gasteiger partial charge in [0.1, 0.15) is 18.2 Å². The molecular formula is C31H22BrCl2FN2O2S. The van der Waals surface area contributed by atoms with Crippen molar-refractivity contribution in [2.24, 2.45) is 4.99 Å². The van der Waals surface area contributed by atoms with Gasteiger partial charge in [-0.25, -0.2) is 9.38 Å². The molecule has 0 aromatic heterocycles. The Morgan fingerprint density at radius 2 is 1.73 bits per heavy atom. The number of halogens is 4. The molecule has 4 nitrogen and oxygen atoms in total. The Labute approximate surface area is 254 Å². The van der Waals surface area contributed by atoms with Crippen LogP contribution in [0, 0.1) is 19.7 Å². The number of amides is 1. The number of hydrogen-bond donors (Lipinski definition) is 0. The highest BCUT2D eigenvalue weighted by molar-refractivity contribution is 9.10. The van der Waals surface area contributed by atoms with Gasteiger partial charge in [-0.05, 0) is 103 Å². The van der Waals surface area contributed by atoms with Crippen molar-refractivity contribution in [3.63, 3.8) is 0 Å². The summed E-state index contributed by atoms with van der Waals surface area (Å²) < 4.78 is 20.5. The van der Waals surface area contributed by atoms with Crippen LogP contribution in [0.1, 0.15) is 22.3 Å². The third kappa shape index (κ3) is 6.44. The molecule has 1 saturated heterocycles. The molecule has 0 unspecified atom stereocenters. The normalized spacial score (nSPS) is 15.3. The molecule has 0 saturated carbocycles. The van der Waals surface area contributed by atoms with Gasteiger partial charge >= 0.3 is 0 Å². The fourth-order valence-electron chi connectivity index (χ4n) is 3.95. The molecule has 202 valence electrons. The number of nitrogens with zero attached hydrogens (tertiary/aromatic N) is 2. The molecule has 4 aromatic rings. The topological polar surface area (TPSA) is 41.9 Å². The molecule has 1 aliphatic rings. The first kappa shape index (κ1) is 28.4. The number of anilines is 1. The zero-order chi connectivity index (χ0) is 28.4. The van der Waals surface area contributed by atoms with Crippen LogP contribution in [-0.4, -0.2) is 11.1 Å². The lowest BCUT2D eigenvalue weighted by Crippen LogP contribution is -2.28. The van der Waals surface area contributed by atoms with Crippen LogP contribution in [0.5, 0.6) is 5.75 Å². The van der Waals surface area contributed by atoms with Crippen LogP contribution in [0.4, 0.5) is 15.8 Å². The van der Waals surface area contributed by atoms with Crippen LogP contribution in [0.3, 0.4) is 0 Å². The largest absolute Gasteiger partial charge is 0.488 e. The first-order chi connectivity index (χ1) is 19.2. The number of aliphatic imine (C=N–C) groups is 1. The number of benzene rings is 4. The summed E-state index contributed by atoms with van der Waals surface area (Å²) in [5, 5.41) is 1.60. The standard InChI is InChI=1S/C31H22BrCl2FN2O2S/c1-18-6-9-24(15-26(18)33)36-31-37(25-10-7-19(2)27(34)16-25)30(38)29(40-31)14-21-13-22(32)8-11-28(21)39-17-20-4-3-5-23(35)12-20/h3-16H,17H2,1-2H3/b29-14+,36-31?. The van der Waals surface area contributed by atoms with Crippen molar-refractivity contribution in [3.05, 3.63) is 126 Å². The average Bonchev–Trinajstić information content (AvgIpc) is 3.21. The number of carbonyl (C=O) groups is 1. The van der Waals surface area contributed by atoms with Crippen LogP contribution < -0.4 is 9.64 Å². The lowest BCUT2D eigenvalue weighted by atomic mass is 10.1. The maximum absolute atomic E-state index is 13.8. The Morgan fingerprint density at radius 3 is 2.45 bits per heavy atom. The van der Waals surface area contributed by atoms with Gasteiger partial charge in [-0.15, -0.1) is 0 Å². The summed E-state index contributed by atoms with van der Waals surface area (Å²) in [6.07, 6.45) is 1.77. The first-order valence-corrected chi connectivity index (χ1v) is 14.6. The van der Waals surface area contributed by atoms with Crippen LogP contribution in [0.2, 0.25) is 10.0 Å². The Kier molecular flexibility index (Phi) is 8.66. The Hall–Kier alpha value is -3.10. The van der Waals surface area contributed by atoms with Gasteiger partial charge in [-0.2, -0.15) is 0 Å². The molecule has 5 rings (SSSR count). The van der Waals surface area contributed by atoms with Crippen molar-refractivity contribution in [2.75, 3.05) is 4.90 Å². The molecule has 0 aliphatic carbocycles. The van der Waals surface area contributed by atoms with E-state index < -0.39 is 0 Å². The predicted octanol–water partition coefficient (Wildman–Crippen LogP) is 9.90. The van der Waals surface area contributed by atoms with Crippen LogP contribution in [0.25, 0.3) is 6.08 Å². The number of rotatable bonds is 6. The van der Waals surface area contributed by atoms with E-state index in [2.05, 4.69) is 15.9 Å². The third-order valence-electron chi connectivity index (χ3n) is 6.14. The minimum Gasteiger partial charge on any atom is -0.488 e. The van der Waals surface area contributed by atoms with Gasteiger partial charge in [-0.1, -0.05) is 63.4 Å². The zero-order valence-corrected chi connectivity index (χ0v) is 25.3. The van der Waals surface area contributed by atoms with Crippen molar-refractivity contribution < 1.29 is 13.9 Å². The molecule has 1 amide bonds. The van der Waals surface area contributed by atoms with E-state index in [0.717, 1.165) is 15.6 Å². The maximum atomic E-state index is 13.8. The highest BCUT2D eigenvalue weighted by Gasteiger charge is 2.35. The van der Waals surface area contributed by atoms with E-state index in [9.17, 15) is 9.18 Å². The van der Waals surface area contributed by atoms with Gasteiger partial charge in [0.05, 0.1) is 16.3 Å². The van der Waals surface area contributed by atoms with Crippen LogP contribution in [0.15, 0.2) is 93.2 Å². The number of aryl methyl sites for hydroxylation is 2. The smallest absolute Gasteiger partial charge is 0.271 e. The van der Waals surface area contributed by atoms with Crippen LogP contribution in [-0.2, 0) is 11.4 Å². The summed E-state index contributed by atoms with van der Waals surface area (Å²) in [6.45, 7) is 3.99. The summed E-state index contributed by atoms with van der Waals surface area (Å²) in [5.41, 5.74) is 4.44. The molecule has 0 spiro atoms. The van der Waals surface area contributed by atoms with Gasteiger partial charge < -0.3 is 4.74 Å². The second-order valence-corrected chi connectivity index (χ2v) is 11.9. The number of amidine groups is 1. The van der Waals surface area contributed by atoms with Gasteiger partial charge in [0, 0.05) is 20.1 Å². The maximum Gasteiger partial charge on any atom is 0.271 e. The lowest BCUT2D eigenvalue weighted by molar-refractivity contribution is -0.113. The van der Waals surface area contributed by atoms with Gasteiger partial charge in [0.2, 0.25) is 0 Å². The van der Waals surface area contributed by atoms with E-state index in [0.29, 0.717) is 48.4 Å². The molecule has 9 heteroatoms. The molecule has 0 N–H and O–H groups in total. The van der Waals surface area contributed by atoms with Crippen molar-refractivity contribution in [3.8, 4) is 5.75 Å². The summed E-state index contributed by atoms with van der Waals surface area (Å²) >= 11 is 17.5. The minimum absolute atomic E-state index is 0.172. The molecule has 1 aliphatic heterocycles. The molecule has 0 bridgehead atoms. The van der Waals surface area contributed by atoms with Crippen molar-refractivity contribution in [2.45, 2.75) is 20.5 Å². The van der Waals surface area contributed by atoms with Gasteiger partial charge in [-0.3, -0.25) is 9.69 Å². The van der Waals surface area contributed by atoms with Gasteiger partial charge in [0.25, 0.3) is 5.91 Å². The molecule has 1 fully saturated rings. The highest BCUT2D eigenvalue weighted by atomic mass is 79.9. The van der Waals surface area contributed by atoms with Crippen molar-refractivity contribution >= 4 is 79.4 Å². The Bertz CT molecular complexity index is 1690. The van der Waals surface area contributed by atoms with E-state index in [4.69, 9.17) is 32.9 Å². The van der Waals surface area contributed by atoms with Crippen LogP contribution >= 0.6 is 50.9 Å². The quantitative estimate of drug-likeness (QED) is 0.194. The average molecular weight is 656 g/mol. The molecular weight excluding hydrogens is 634 g/mol. The van der Waals surface area contributed by atoms with E-state index >= 15 is 0 Å². The molecule has 0 radical (unpaired) electrons. The van der Waals surface area contributed by atoms with E-state index in [1.165, 1.54) is 23.9 Å². The van der Waals surface area contributed by atoms with Gasteiger partial charge in [0.15, 0.2) is 5.17 Å². The van der Waals surface area contributed by atoms with E-state index in [-0.39, 0.29) is 18.3 Å². The lowest BCUT2D eigenvalue weighted by Gasteiger charge is -2.16. The summed E-state index contributed by atoms with van der Waals surface area (Å²) in [5.74, 6) is -0.0305. The molecule has 1 heterocycles. The summed E-state index contributed by atoms with van der Waals surface area (Å²) in [4.78, 5) is 20.6. The van der Waals surface area contributed by atoms with Crippen molar-refractivity contribution in [1.82, 2.24) is 0 Å². The number of carbonyl (C=O) groups excluding carboxylic acids is 1. The predicted molar refractivity (Wildman–Crippen MR) is 167 cm³/mol. The third-order valence-corrected chi connectivity index (χ3v) is 8.42. The second-order valence-electron chi connectivity index (χ2n) is 9.11.